The van der Waals surface area contributed by atoms with Crippen molar-refractivity contribution < 1.29 is 8.81 Å². The van der Waals surface area contributed by atoms with Crippen LogP contribution in [0, 0.1) is 5.82 Å². The fourth-order valence-corrected chi connectivity index (χ4v) is 2.88. The van der Waals surface area contributed by atoms with Crippen LogP contribution in [0.25, 0.3) is 0 Å². The number of guanidine groups is 1. The van der Waals surface area contributed by atoms with Gasteiger partial charge in [-0.05, 0) is 29.8 Å². The molecule has 0 atom stereocenters. The van der Waals surface area contributed by atoms with Crippen molar-refractivity contribution in [3.05, 3.63) is 72.0 Å². The van der Waals surface area contributed by atoms with E-state index in [2.05, 4.69) is 27.4 Å². The van der Waals surface area contributed by atoms with Crippen molar-refractivity contribution in [1.29, 1.82) is 0 Å². The Morgan fingerprint density at radius 1 is 1.32 bits per heavy atom. The second kappa shape index (κ2) is 9.68. The third-order valence-corrected chi connectivity index (χ3v) is 4.28. The first-order chi connectivity index (χ1) is 13.7. The molecule has 7 nitrogen and oxygen atoms in total. The number of halogens is 1. The van der Waals surface area contributed by atoms with Crippen molar-refractivity contribution in [2.75, 3.05) is 13.6 Å². The molecule has 2 heterocycles. The Kier molecular flexibility index (Phi) is 6.78. The summed E-state index contributed by atoms with van der Waals surface area (Å²) in [5.41, 5.74) is 0.877. The number of aromatic nitrogens is 3. The fourth-order valence-electron chi connectivity index (χ4n) is 2.88. The van der Waals surface area contributed by atoms with E-state index in [1.54, 1.807) is 18.7 Å². The molecule has 3 aromatic rings. The summed E-state index contributed by atoms with van der Waals surface area (Å²) in [6.45, 7) is 4.40. The van der Waals surface area contributed by atoms with E-state index in [4.69, 9.17) is 4.42 Å². The number of nitrogens with one attached hydrogen (secondary N) is 1. The van der Waals surface area contributed by atoms with E-state index in [1.807, 2.05) is 34.7 Å². The van der Waals surface area contributed by atoms with Crippen LogP contribution < -0.4 is 5.32 Å². The SMILES string of the molecule is CCc1nncn1CCNC(=NCc1ccco1)N(C)Cc1cccc(F)c1. The summed E-state index contributed by atoms with van der Waals surface area (Å²) in [4.78, 5) is 6.61. The Morgan fingerprint density at radius 3 is 2.96 bits per heavy atom. The van der Waals surface area contributed by atoms with Gasteiger partial charge in [-0.3, -0.25) is 0 Å². The number of aryl methyl sites for hydroxylation is 1. The smallest absolute Gasteiger partial charge is 0.194 e. The molecule has 0 saturated carbocycles. The van der Waals surface area contributed by atoms with Crippen molar-refractivity contribution in [2.45, 2.75) is 33.0 Å². The Hall–Kier alpha value is -3.16. The maximum absolute atomic E-state index is 13.5. The molecule has 8 heteroatoms. The second-order valence-corrected chi connectivity index (χ2v) is 6.43. The van der Waals surface area contributed by atoms with Gasteiger partial charge in [-0.15, -0.1) is 10.2 Å². The Morgan fingerprint density at radius 2 is 2.21 bits per heavy atom. The lowest BCUT2D eigenvalue weighted by Gasteiger charge is -2.23. The van der Waals surface area contributed by atoms with E-state index in [-0.39, 0.29) is 5.82 Å². The zero-order valence-corrected chi connectivity index (χ0v) is 16.2. The zero-order chi connectivity index (χ0) is 19.8. The minimum Gasteiger partial charge on any atom is -0.467 e. The molecule has 1 N–H and O–H groups in total. The van der Waals surface area contributed by atoms with Crippen LogP contribution in [0.1, 0.15) is 24.1 Å². The van der Waals surface area contributed by atoms with Gasteiger partial charge < -0.3 is 19.2 Å². The molecule has 0 bridgehead atoms. The van der Waals surface area contributed by atoms with E-state index in [0.717, 1.165) is 30.1 Å². The molecule has 2 aromatic heterocycles. The van der Waals surface area contributed by atoms with Gasteiger partial charge in [-0.25, -0.2) is 9.38 Å². The van der Waals surface area contributed by atoms with Crippen LogP contribution >= 0.6 is 0 Å². The number of hydrogen-bond acceptors (Lipinski definition) is 4. The highest BCUT2D eigenvalue weighted by Crippen LogP contribution is 2.08. The van der Waals surface area contributed by atoms with E-state index in [9.17, 15) is 4.39 Å². The third kappa shape index (κ3) is 5.42. The molecule has 0 saturated heterocycles. The standard InChI is InChI=1S/C20H25FN6O/c1-3-19-25-24-15-27(19)10-9-22-20(23-13-18-8-5-11-28-18)26(2)14-16-6-4-7-17(21)12-16/h4-8,11-12,15H,3,9-10,13-14H2,1-2H3,(H,22,23). The summed E-state index contributed by atoms with van der Waals surface area (Å²) in [5, 5.41) is 11.4. The predicted molar refractivity (Wildman–Crippen MR) is 105 cm³/mol. The molecule has 0 fully saturated rings. The van der Waals surface area contributed by atoms with Crippen molar-refractivity contribution >= 4 is 5.96 Å². The summed E-state index contributed by atoms with van der Waals surface area (Å²) in [5.74, 6) is 2.20. The van der Waals surface area contributed by atoms with Crippen LogP contribution in [0.2, 0.25) is 0 Å². The Bertz CT molecular complexity index is 890. The van der Waals surface area contributed by atoms with Crippen molar-refractivity contribution in [3.63, 3.8) is 0 Å². The molecule has 3 rings (SSSR count). The summed E-state index contributed by atoms with van der Waals surface area (Å²) < 4.78 is 20.9. The molecular formula is C20H25FN6O. The molecule has 0 aliphatic rings. The lowest BCUT2D eigenvalue weighted by molar-refractivity contribution is 0.463. The molecule has 0 radical (unpaired) electrons. The molecular weight excluding hydrogens is 359 g/mol. The number of furan rings is 1. The van der Waals surface area contributed by atoms with Crippen molar-refractivity contribution in [3.8, 4) is 0 Å². The quantitative estimate of drug-likeness (QED) is 0.478. The van der Waals surface area contributed by atoms with Crippen LogP contribution in [-0.2, 0) is 26.1 Å². The first kappa shape index (κ1) is 19.6. The largest absolute Gasteiger partial charge is 0.467 e. The van der Waals surface area contributed by atoms with Crippen molar-refractivity contribution in [2.24, 2.45) is 4.99 Å². The lowest BCUT2D eigenvalue weighted by Crippen LogP contribution is -2.40. The van der Waals surface area contributed by atoms with Crippen LogP contribution in [0.4, 0.5) is 4.39 Å². The number of rotatable bonds is 8. The molecule has 0 spiro atoms. The maximum atomic E-state index is 13.5. The lowest BCUT2D eigenvalue weighted by atomic mass is 10.2. The van der Waals surface area contributed by atoms with E-state index in [1.165, 1.54) is 12.1 Å². The van der Waals surface area contributed by atoms with Gasteiger partial charge in [-0.1, -0.05) is 19.1 Å². The number of hydrogen-bond donors (Lipinski definition) is 1. The summed E-state index contributed by atoms with van der Waals surface area (Å²) in [7, 11) is 1.93. The highest BCUT2D eigenvalue weighted by molar-refractivity contribution is 5.79. The number of benzene rings is 1. The van der Waals surface area contributed by atoms with Gasteiger partial charge in [0.15, 0.2) is 5.96 Å². The molecule has 28 heavy (non-hydrogen) atoms. The Labute approximate surface area is 163 Å². The normalized spacial score (nSPS) is 11.6. The Balaban J connectivity index is 1.66. The highest BCUT2D eigenvalue weighted by Gasteiger charge is 2.09. The highest BCUT2D eigenvalue weighted by atomic mass is 19.1. The first-order valence-corrected chi connectivity index (χ1v) is 9.28. The summed E-state index contributed by atoms with van der Waals surface area (Å²) in [6.07, 6.45) is 4.20. The summed E-state index contributed by atoms with van der Waals surface area (Å²) >= 11 is 0. The van der Waals surface area contributed by atoms with Crippen LogP contribution in [0.15, 0.2) is 58.4 Å². The molecule has 0 aliphatic carbocycles. The number of aliphatic imine (C=N–C) groups is 1. The van der Waals surface area contributed by atoms with Gasteiger partial charge in [0.1, 0.15) is 30.3 Å². The average molecular weight is 384 g/mol. The third-order valence-electron chi connectivity index (χ3n) is 4.28. The zero-order valence-electron chi connectivity index (χ0n) is 16.2. The van der Waals surface area contributed by atoms with Crippen molar-refractivity contribution in [1.82, 2.24) is 25.0 Å². The molecule has 148 valence electrons. The van der Waals surface area contributed by atoms with Gasteiger partial charge in [0.05, 0.1) is 6.26 Å². The summed E-state index contributed by atoms with van der Waals surface area (Å²) in [6, 6.07) is 10.3. The molecule has 1 aromatic carbocycles. The number of nitrogens with zero attached hydrogens (tertiary/aromatic N) is 5. The molecule has 0 amide bonds. The second-order valence-electron chi connectivity index (χ2n) is 6.43. The van der Waals surface area contributed by atoms with Crippen LogP contribution in [-0.4, -0.2) is 39.2 Å². The minimum absolute atomic E-state index is 0.243. The van der Waals surface area contributed by atoms with Crippen LogP contribution in [0.5, 0.6) is 0 Å². The van der Waals surface area contributed by atoms with E-state index < -0.39 is 0 Å². The topological polar surface area (TPSA) is 71.5 Å². The first-order valence-electron chi connectivity index (χ1n) is 9.28. The maximum Gasteiger partial charge on any atom is 0.194 e. The fraction of sp³-hybridized carbons (Fsp3) is 0.350. The van der Waals surface area contributed by atoms with Crippen LogP contribution in [0.3, 0.4) is 0 Å². The molecule has 0 aliphatic heterocycles. The van der Waals surface area contributed by atoms with Gasteiger partial charge in [0.25, 0.3) is 0 Å². The monoisotopic (exact) mass is 384 g/mol. The van der Waals surface area contributed by atoms with Gasteiger partial charge in [0, 0.05) is 33.1 Å². The minimum atomic E-state index is -0.243. The predicted octanol–water partition coefficient (Wildman–Crippen LogP) is 2.85. The van der Waals surface area contributed by atoms with E-state index in [0.29, 0.717) is 25.6 Å². The molecule has 0 unspecified atom stereocenters. The van der Waals surface area contributed by atoms with Gasteiger partial charge in [-0.2, -0.15) is 0 Å². The van der Waals surface area contributed by atoms with E-state index >= 15 is 0 Å². The van der Waals surface area contributed by atoms with Gasteiger partial charge >= 0.3 is 0 Å². The van der Waals surface area contributed by atoms with Gasteiger partial charge in [0.2, 0.25) is 0 Å². The average Bonchev–Trinajstić information content (AvgIpc) is 3.36.